The molecule has 0 radical (unpaired) electrons. The Hall–Kier alpha value is -0.460. The normalized spacial score (nSPS) is 22.1. The van der Waals surface area contributed by atoms with Crippen LogP contribution in [-0.4, -0.2) is 7.11 Å². The molecule has 1 aliphatic carbocycles. The van der Waals surface area contributed by atoms with Gasteiger partial charge in [-0.05, 0) is 25.3 Å². The summed E-state index contributed by atoms with van der Waals surface area (Å²) in [5, 5.41) is 0. The molecular weight excluding hydrogens is 208 g/mol. The van der Waals surface area contributed by atoms with Crippen molar-refractivity contribution >= 4 is 0 Å². The molecule has 0 spiro atoms. The number of hydrogen-bond acceptors (Lipinski definition) is 1. The van der Waals surface area contributed by atoms with Crippen molar-refractivity contribution in [3.05, 3.63) is 11.8 Å². The quantitative estimate of drug-likeness (QED) is 0.577. The zero-order valence-electron chi connectivity index (χ0n) is 11.7. The van der Waals surface area contributed by atoms with Gasteiger partial charge in [-0.15, -0.1) is 0 Å². The van der Waals surface area contributed by atoms with E-state index in [0.29, 0.717) is 0 Å². The number of methoxy groups -OCH3 is 1. The molecule has 0 atom stereocenters. The molecule has 0 saturated heterocycles. The summed E-state index contributed by atoms with van der Waals surface area (Å²) in [6.07, 6.45) is 20.2. The Bertz CT molecular complexity index is 196. The summed E-state index contributed by atoms with van der Waals surface area (Å²) >= 11 is 0. The van der Waals surface area contributed by atoms with Crippen LogP contribution in [0.1, 0.15) is 83.5 Å². The van der Waals surface area contributed by atoms with Crippen LogP contribution in [0.4, 0.5) is 0 Å². The number of ether oxygens (including phenoxy) is 1. The fourth-order valence-corrected chi connectivity index (χ4v) is 2.59. The Morgan fingerprint density at radius 1 is 0.706 bits per heavy atom. The highest BCUT2D eigenvalue weighted by Gasteiger charge is 1.99. The topological polar surface area (TPSA) is 9.23 Å². The lowest BCUT2D eigenvalue weighted by Crippen LogP contribution is -1.88. The zero-order valence-corrected chi connectivity index (χ0v) is 11.7. The number of allylic oxidation sites excluding steroid dienone is 2. The fourth-order valence-electron chi connectivity index (χ4n) is 2.59. The van der Waals surface area contributed by atoms with Crippen LogP contribution in [0.3, 0.4) is 0 Å². The molecule has 0 unspecified atom stereocenters. The van der Waals surface area contributed by atoms with Crippen molar-refractivity contribution in [1.82, 2.24) is 0 Å². The van der Waals surface area contributed by atoms with Gasteiger partial charge in [-0.2, -0.15) is 0 Å². The van der Waals surface area contributed by atoms with Gasteiger partial charge in [-0.3, -0.25) is 0 Å². The van der Waals surface area contributed by atoms with Crippen LogP contribution < -0.4 is 0 Å². The van der Waals surface area contributed by atoms with E-state index >= 15 is 0 Å². The second kappa shape index (κ2) is 10.7. The maximum atomic E-state index is 5.44. The van der Waals surface area contributed by atoms with Gasteiger partial charge in [0.05, 0.1) is 12.9 Å². The highest BCUT2D eigenvalue weighted by molar-refractivity contribution is 4.92. The van der Waals surface area contributed by atoms with Crippen LogP contribution in [0, 0.1) is 0 Å². The maximum absolute atomic E-state index is 5.44. The van der Waals surface area contributed by atoms with Gasteiger partial charge in [0.25, 0.3) is 0 Å². The monoisotopic (exact) mass is 238 g/mol. The van der Waals surface area contributed by atoms with Crippen LogP contribution in [0.15, 0.2) is 11.8 Å². The van der Waals surface area contributed by atoms with Crippen LogP contribution in [-0.2, 0) is 4.74 Å². The van der Waals surface area contributed by atoms with Crippen molar-refractivity contribution in [2.24, 2.45) is 0 Å². The summed E-state index contributed by atoms with van der Waals surface area (Å²) < 4.78 is 5.44. The Morgan fingerprint density at radius 3 is 1.71 bits per heavy atom. The van der Waals surface area contributed by atoms with E-state index in [4.69, 9.17) is 4.74 Å². The standard InChI is InChI=1S/C16H30O/c1-17-16-14-12-10-8-6-4-2-3-5-7-9-11-13-15-16/h14H,2-13,15H2,1H3. The molecule has 0 saturated carbocycles. The SMILES string of the molecule is COC1=CCCCCCCCCCCCCC1. The van der Waals surface area contributed by atoms with Gasteiger partial charge in [0.1, 0.15) is 0 Å². The summed E-state index contributed by atoms with van der Waals surface area (Å²) in [4.78, 5) is 0. The smallest absolute Gasteiger partial charge is 0.0915 e. The first-order valence-electron chi connectivity index (χ1n) is 7.66. The highest BCUT2D eigenvalue weighted by Crippen LogP contribution is 2.16. The molecule has 17 heavy (non-hydrogen) atoms. The molecule has 0 aromatic rings. The number of hydrogen-bond donors (Lipinski definition) is 0. The molecule has 0 heterocycles. The third kappa shape index (κ3) is 8.29. The van der Waals surface area contributed by atoms with Gasteiger partial charge >= 0.3 is 0 Å². The van der Waals surface area contributed by atoms with E-state index in [1.165, 1.54) is 82.8 Å². The molecule has 1 heteroatoms. The van der Waals surface area contributed by atoms with Crippen molar-refractivity contribution in [3.8, 4) is 0 Å². The van der Waals surface area contributed by atoms with Crippen molar-refractivity contribution in [1.29, 1.82) is 0 Å². The number of rotatable bonds is 1. The van der Waals surface area contributed by atoms with Gasteiger partial charge < -0.3 is 4.74 Å². The Kier molecular flexibility index (Phi) is 9.17. The summed E-state index contributed by atoms with van der Waals surface area (Å²) in [6.45, 7) is 0. The third-order valence-corrected chi connectivity index (χ3v) is 3.76. The first-order chi connectivity index (χ1) is 8.43. The molecule has 0 amide bonds. The van der Waals surface area contributed by atoms with Crippen LogP contribution in [0.5, 0.6) is 0 Å². The summed E-state index contributed by atoms with van der Waals surface area (Å²) in [5.74, 6) is 1.22. The molecule has 0 N–H and O–H groups in total. The molecule has 0 fully saturated rings. The molecule has 1 rings (SSSR count). The lowest BCUT2D eigenvalue weighted by atomic mass is 10.1. The second-order valence-electron chi connectivity index (χ2n) is 5.30. The van der Waals surface area contributed by atoms with Gasteiger partial charge in [0.2, 0.25) is 0 Å². The van der Waals surface area contributed by atoms with E-state index in [9.17, 15) is 0 Å². The lowest BCUT2D eigenvalue weighted by molar-refractivity contribution is 0.271. The van der Waals surface area contributed by atoms with E-state index in [0.717, 1.165) is 6.42 Å². The zero-order chi connectivity index (χ0) is 12.2. The minimum absolute atomic E-state index is 1.15. The maximum Gasteiger partial charge on any atom is 0.0915 e. The Labute approximate surface area is 108 Å². The third-order valence-electron chi connectivity index (χ3n) is 3.76. The van der Waals surface area contributed by atoms with Crippen LogP contribution in [0.25, 0.3) is 0 Å². The predicted octanol–water partition coefficient (Wildman–Crippen LogP) is 5.60. The average molecular weight is 238 g/mol. The molecule has 100 valence electrons. The van der Waals surface area contributed by atoms with E-state index in [-0.39, 0.29) is 0 Å². The van der Waals surface area contributed by atoms with Crippen molar-refractivity contribution < 1.29 is 4.74 Å². The van der Waals surface area contributed by atoms with Crippen molar-refractivity contribution in [2.45, 2.75) is 83.5 Å². The molecule has 0 aromatic carbocycles. The largest absolute Gasteiger partial charge is 0.501 e. The molecule has 1 nitrogen and oxygen atoms in total. The van der Waals surface area contributed by atoms with Crippen LogP contribution >= 0.6 is 0 Å². The van der Waals surface area contributed by atoms with E-state index < -0.39 is 0 Å². The van der Waals surface area contributed by atoms with Gasteiger partial charge in [-0.1, -0.05) is 57.8 Å². The molecule has 0 aliphatic heterocycles. The van der Waals surface area contributed by atoms with Gasteiger partial charge in [0, 0.05) is 6.42 Å². The Balaban J connectivity index is 2.25. The lowest BCUT2D eigenvalue weighted by Gasteiger charge is -2.06. The van der Waals surface area contributed by atoms with E-state index in [2.05, 4.69) is 6.08 Å². The molecule has 1 aliphatic rings. The Morgan fingerprint density at radius 2 is 1.18 bits per heavy atom. The van der Waals surface area contributed by atoms with E-state index in [1.807, 2.05) is 7.11 Å². The predicted molar refractivity (Wildman–Crippen MR) is 75.1 cm³/mol. The van der Waals surface area contributed by atoms with Crippen molar-refractivity contribution in [2.75, 3.05) is 7.11 Å². The first-order valence-corrected chi connectivity index (χ1v) is 7.66. The minimum atomic E-state index is 1.15. The van der Waals surface area contributed by atoms with Gasteiger partial charge in [0.15, 0.2) is 0 Å². The summed E-state index contributed by atoms with van der Waals surface area (Å²) in [6, 6.07) is 0. The fraction of sp³-hybridized carbons (Fsp3) is 0.875. The van der Waals surface area contributed by atoms with E-state index in [1.54, 1.807) is 0 Å². The highest BCUT2D eigenvalue weighted by atomic mass is 16.5. The summed E-state index contributed by atoms with van der Waals surface area (Å²) in [5.41, 5.74) is 0. The summed E-state index contributed by atoms with van der Waals surface area (Å²) in [7, 11) is 1.82. The van der Waals surface area contributed by atoms with Crippen molar-refractivity contribution in [3.63, 3.8) is 0 Å². The molecular formula is C16H30O. The second-order valence-corrected chi connectivity index (χ2v) is 5.30. The van der Waals surface area contributed by atoms with Crippen LogP contribution in [0.2, 0.25) is 0 Å². The molecule has 0 bridgehead atoms. The minimum Gasteiger partial charge on any atom is -0.501 e. The first kappa shape index (κ1) is 14.6. The molecule has 0 aromatic heterocycles. The average Bonchev–Trinajstić information content (AvgIpc) is 2.36. The van der Waals surface area contributed by atoms with Gasteiger partial charge in [-0.25, -0.2) is 0 Å².